The van der Waals surface area contributed by atoms with Crippen molar-refractivity contribution in [2.75, 3.05) is 4.90 Å². The van der Waals surface area contributed by atoms with Crippen molar-refractivity contribution in [3.63, 3.8) is 0 Å². The lowest BCUT2D eigenvalue weighted by atomic mass is 10.1. The summed E-state index contributed by atoms with van der Waals surface area (Å²) in [5.74, 6) is 1.60. The van der Waals surface area contributed by atoms with Gasteiger partial charge in [-0.15, -0.1) is 0 Å². The molecule has 0 N–H and O–H groups in total. The van der Waals surface area contributed by atoms with E-state index in [1.807, 2.05) is 19.9 Å². The van der Waals surface area contributed by atoms with Crippen LogP contribution in [0.15, 0.2) is 12.3 Å². The predicted molar refractivity (Wildman–Crippen MR) is 73.8 cm³/mol. The van der Waals surface area contributed by atoms with Crippen molar-refractivity contribution >= 4 is 12.1 Å². The van der Waals surface area contributed by atoms with Gasteiger partial charge in [0.1, 0.15) is 17.9 Å². The van der Waals surface area contributed by atoms with Crippen LogP contribution in [0.1, 0.15) is 45.9 Å². The van der Waals surface area contributed by atoms with Crippen LogP contribution >= 0.6 is 0 Å². The van der Waals surface area contributed by atoms with Crippen LogP contribution in [0.5, 0.6) is 0 Å². The highest BCUT2D eigenvalue weighted by molar-refractivity contribution is 5.65. The largest absolute Gasteiger partial charge is 0.344 e. The minimum Gasteiger partial charge on any atom is -0.344 e. The van der Waals surface area contributed by atoms with Crippen molar-refractivity contribution in [3.8, 4) is 0 Å². The number of nitrogens with zero attached hydrogens (tertiary/aromatic N) is 3. The van der Waals surface area contributed by atoms with Gasteiger partial charge >= 0.3 is 0 Å². The number of rotatable bonds is 7. The van der Waals surface area contributed by atoms with Crippen LogP contribution < -0.4 is 4.90 Å². The molecular weight excluding hydrogens is 226 g/mol. The summed E-state index contributed by atoms with van der Waals surface area (Å²) in [7, 11) is 0. The highest BCUT2D eigenvalue weighted by atomic mass is 16.1. The molecule has 0 aliphatic heterocycles. The Balaban J connectivity index is 3.14. The monoisotopic (exact) mass is 249 g/mol. The summed E-state index contributed by atoms with van der Waals surface area (Å²) in [6.45, 7) is 8.19. The van der Waals surface area contributed by atoms with Crippen LogP contribution in [0.25, 0.3) is 0 Å². The van der Waals surface area contributed by atoms with Crippen molar-refractivity contribution < 1.29 is 4.79 Å². The van der Waals surface area contributed by atoms with E-state index < -0.39 is 0 Å². The molecule has 1 heterocycles. The van der Waals surface area contributed by atoms with Crippen molar-refractivity contribution in [3.05, 3.63) is 18.1 Å². The van der Waals surface area contributed by atoms with Gasteiger partial charge in [-0.05, 0) is 32.3 Å². The van der Waals surface area contributed by atoms with E-state index in [0.29, 0.717) is 6.04 Å². The lowest BCUT2D eigenvalue weighted by Gasteiger charge is -2.35. The number of carbonyl (C=O) groups is 1. The molecule has 0 aliphatic rings. The lowest BCUT2D eigenvalue weighted by Crippen LogP contribution is -2.44. The Morgan fingerprint density at radius 2 is 1.94 bits per heavy atom. The molecular formula is C14H23N3O. The number of hydrogen-bond acceptors (Lipinski definition) is 4. The van der Waals surface area contributed by atoms with Gasteiger partial charge in [0.25, 0.3) is 0 Å². The molecule has 0 fully saturated rings. The molecule has 0 saturated carbocycles. The standard InChI is InChI=1S/C14H23N3O/c1-5-12(6-2)17(13(7-3)10-18)14-8-9-15-11(4)16-14/h8-10,12-13H,5-7H2,1-4H3. The molecule has 1 unspecified atom stereocenters. The summed E-state index contributed by atoms with van der Waals surface area (Å²) in [4.78, 5) is 22.0. The molecule has 4 heteroatoms. The fraction of sp³-hybridized carbons (Fsp3) is 0.643. The van der Waals surface area contributed by atoms with Gasteiger partial charge in [0.15, 0.2) is 0 Å². The van der Waals surface area contributed by atoms with Crippen molar-refractivity contribution in [2.24, 2.45) is 0 Å². The van der Waals surface area contributed by atoms with Crippen LogP contribution in [-0.2, 0) is 4.79 Å². The Hall–Kier alpha value is -1.45. The Morgan fingerprint density at radius 1 is 1.28 bits per heavy atom. The first-order chi connectivity index (χ1) is 8.67. The van der Waals surface area contributed by atoms with Crippen LogP contribution in [-0.4, -0.2) is 28.3 Å². The summed E-state index contributed by atoms with van der Waals surface area (Å²) in [5, 5.41) is 0. The van der Waals surface area contributed by atoms with Gasteiger partial charge in [0, 0.05) is 12.2 Å². The van der Waals surface area contributed by atoms with Gasteiger partial charge in [0.2, 0.25) is 0 Å². The molecule has 0 radical (unpaired) electrons. The van der Waals surface area contributed by atoms with E-state index in [1.54, 1.807) is 6.20 Å². The zero-order valence-electron chi connectivity index (χ0n) is 11.8. The highest BCUT2D eigenvalue weighted by Gasteiger charge is 2.24. The molecule has 0 aromatic carbocycles. The maximum absolute atomic E-state index is 11.3. The van der Waals surface area contributed by atoms with E-state index in [4.69, 9.17) is 0 Å². The number of aromatic nitrogens is 2. The molecule has 0 aliphatic carbocycles. The number of anilines is 1. The van der Waals surface area contributed by atoms with E-state index in [1.165, 1.54) is 0 Å². The molecule has 0 bridgehead atoms. The molecule has 1 aromatic heterocycles. The number of aldehydes is 1. The normalized spacial score (nSPS) is 12.5. The fourth-order valence-corrected chi connectivity index (χ4v) is 2.26. The number of carbonyl (C=O) groups excluding carboxylic acids is 1. The topological polar surface area (TPSA) is 46.1 Å². The van der Waals surface area contributed by atoms with Gasteiger partial charge in [-0.2, -0.15) is 0 Å². The first-order valence-corrected chi connectivity index (χ1v) is 6.71. The maximum Gasteiger partial charge on any atom is 0.142 e. The van der Waals surface area contributed by atoms with Crippen molar-refractivity contribution in [2.45, 2.75) is 59.0 Å². The molecule has 0 spiro atoms. The summed E-state index contributed by atoms with van der Waals surface area (Å²) < 4.78 is 0. The Labute approximate surface area is 109 Å². The summed E-state index contributed by atoms with van der Waals surface area (Å²) >= 11 is 0. The molecule has 4 nitrogen and oxygen atoms in total. The molecule has 1 rings (SSSR count). The fourth-order valence-electron chi connectivity index (χ4n) is 2.26. The van der Waals surface area contributed by atoms with Crippen LogP contribution in [0, 0.1) is 6.92 Å². The second-order valence-electron chi connectivity index (χ2n) is 4.45. The molecule has 100 valence electrons. The van der Waals surface area contributed by atoms with E-state index in [9.17, 15) is 4.79 Å². The van der Waals surface area contributed by atoms with E-state index >= 15 is 0 Å². The quantitative estimate of drug-likeness (QED) is 0.697. The van der Waals surface area contributed by atoms with Gasteiger partial charge in [-0.3, -0.25) is 0 Å². The summed E-state index contributed by atoms with van der Waals surface area (Å²) in [6.07, 6.45) is 5.58. The van der Waals surface area contributed by atoms with Crippen LogP contribution in [0.2, 0.25) is 0 Å². The summed E-state index contributed by atoms with van der Waals surface area (Å²) in [5.41, 5.74) is 0. The SMILES string of the molecule is CCC(C=O)N(c1ccnc(C)n1)C(CC)CC. The van der Waals surface area contributed by atoms with Gasteiger partial charge in [0.05, 0.1) is 6.04 Å². The van der Waals surface area contributed by atoms with E-state index in [0.717, 1.165) is 37.2 Å². The Kier molecular flexibility index (Phi) is 5.75. The molecule has 1 atom stereocenters. The average Bonchev–Trinajstić information content (AvgIpc) is 2.39. The Morgan fingerprint density at radius 3 is 2.39 bits per heavy atom. The molecule has 1 aromatic rings. The van der Waals surface area contributed by atoms with Crippen molar-refractivity contribution in [1.82, 2.24) is 9.97 Å². The highest BCUT2D eigenvalue weighted by Crippen LogP contribution is 2.21. The lowest BCUT2D eigenvalue weighted by molar-refractivity contribution is -0.109. The van der Waals surface area contributed by atoms with Gasteiger partial charge in [-0.25, -0.2) is 9.97 Å². The average molecular weight is 249 g/mol. The van der Waals surface area contributed by atoms with Gasteiger partial charge in [-0.1, -0.05) is 20.8 Å². The molecule has 0 saturated heterocycles. The van der Waals surface area contributed by atoms with E-state index in [2.05, 4.69) is 28.7 Å². The molecule has 18 heavy (non-hydrogen) atoms. The van der Waals surface area contributed by atoms with Crippen molar-refractivity contribution in [1.29, 1.82) is 0 Å². The first-order valence-electron chi connectivity index (χ1n) is 6.71. The summed E-state index contributed by atoms with van der Waals surface area (Å²) in [6, 6.07) is 2.12. The third-order valence-corrected chi connectivity index (χ3v) is 3.29. The zero-order chi connectivity index (χ0) is 13.5. The Bertz CT molecular complexity index is 377. The van der Waals surface area contributed by atoms with E-state index in [-0.39, 0.29) is 6.04 Å². The number of aryl methyl sites for hydroxylation is 1. The first kappa shape index (κ1) is 14.6. The van der Waals surface area contributed by atoms with Crippen LogP contribution in [0.4, 0.5) is 5.82 Å². The minimum absolute atomic E-state index is 0.107. The smallest absolute Gasteiger partial charge is 0.142 e. The third kappa shape index (κ3) is 3.28. The van der Waals surface area contributed by atoms with Gasteiger partial charge < -0.3 is 9.69 Å². The maximum atomic E-state index is 11.3. The predicted octanol–water partition coefficient (Wildman–Crippen LogP) is 2.76. The third-order valence-electron chi connectivity index (χ3n) is 3.29. The van der Waals surface area contributed by atoms with Crippen LogP contribution in [0.3, 0.4) is 0 Å². The zero-order valence-corrected chi connectivity index (χ0v) is 11.8. The molecule has 0 amide bonds. The second kappa shape index (κ2) is 7.09. The second-order valence-corrected chi connectivity index (χ2v) is 4.45. The number of hydrogen-bond donors (Lipinski definition) is 0. The minimum atomic E-state index is -0.107.